The van der Waals surface area contributed by atoms with Crippen molar-refractivity contribution < 1.29 is 4.74 Å². The summed E-state index contributed by atoms with van der Waals surface area (Å²) >= 11 is 0. The van der Waals surface area contributed by atoms with Gasteiger partial charge < -0.3 is 4.74 Å². The van der Waals surface area contributed by atoms with Crippen LogP contribution in [0.1, 0.15) is 13.8 Å². The monoisotopic (exact) mass is 115 g/mol. The molecule has 1 aliphatic heterocycles. The van der Waals surface area contributed by atoms with Gasteiger partial charge in [-0.2, -0.15) is 0 Å². The van der Waals surface area contributed by atoms with Gasteiger partial charge in [0.25, 0.3) is 0 Å². The molecule has 0 aromatic heterocycles. The lowest BCUT2D eigenvalue weighted by atomic mass is 10.1. The van der Waals surface area contributed by atoms with E-state index < -0.39 is 0 Å². The Morgan fingerprint density at radius 1 is 1.62 bits per heavy atom. The molecular formula is C6H13NO. The molecule has 2 nitrogen and oxygen atoms in total. The summed E-state index contributed by atoms with van der Waals surface area (Å²) in [5, 5.41) is 3.13. The Morgan fingerprint density at radius 3 is 2.62 bits per heavy atom. The molecule has 1 rings (SSSR count). The van der Waals surface area contributed by atoms with Gasteiger partial charge in [0.1, 0.15) is 0 Å². The average molecular weight is 115 g/mol. The fourth-order valence-corrected chi connectivity index (χ4v) is 0.854. The number of hydrogen-bond acceptors (Lipinski definition) is 2. The Balaban J connectivity index is 2.24. The van der Waals surface area contributed by atoms with Crippen LogP contribution in [0.5, 0.6) is 0 Å². The van der Waals surface area contributed by atoms with Crippen molar-refractivity contribution in [3.8, 4) is 0 Å². The fraction of sp³-hybridized carbons (Fsp3) is 1.00. The molecule has 1 N–H and O–H groups in total. The standard InChI is InChI=1S/C6H13NO/c1-5(2)6-3-7-4-8-6/h5-7H,3-4H2,1-2H3. The van der Waals surface area contributed by atoms with Crippen molar-refractivity contribution in [3.05, 3.63) is 0 Å². The molecule has 0 radical (unpaired) electrons. The first-order valence-corrected chi connectivity index (χ1v) is 3.13. The summed E-state index contributed by atoms with van der Waals surface area (Å²) in [6.07, 6.45) is 0.454. The maximum absolute atomic E-state index is 5.30. The van der Waals surface area contributed by atoms with Gasteiger partial charge >= 0.3 is 0 Å². The van der Waals surface area contributed by atoms with Crippen LogP contribution in [0.4, 0.5) is 0 Å². The lowest BCUT2D eigenvalue weighted by molar-refractivity contribution is 0.0797. The van der Waals surface area contributed by atoms with Gasteiger partial charge in [-0.05, 0) is 5.92 Å². The van der Waals surface area contributed by atoms with Gasteiger partial charge in [-0.3, -0.25) is 5.32 Å². The largest absolute Gasteiger partial charge is 0.361 e. The Morgan fingerprint density at radius 2 is 2.38 bits per heavy atom. The van der Waals surface area contributed by atoms with E-state index in [0.717, 1.165) is 13.3 Å². The smallest absolute Gasteiger partial charge is 0.0970 e. The molecule has 2 heteroatoms. The molecule has 8 heavy (non-hydrogen) atoms. The van der Waals surface area contributed by atoms with Crippen molar-refractivity contribution in [3.63, 3.8) is 0 Å². The first-order valence-electron chi connectivity index (χ1n) is 3.13. The lowest BCUT2D eigenvalue weighted by Gasteiger charge is -2.10. The van der Waals surface area contributed by atoms with Gasteiger partial charge in [-0.15, -0.1) is 0 Å². The molecule has 1 aliphatic rings. The molecule has 0 aromatic rings. The summed E-state index contributed by atoms with van der Waals surface area (Å²) in [6.45, 7) is 6.12. The van der Waals surface area contributed by atoms with Crippen molar-refractivity contribution in [2.45, 2.75) is 20.0 Å². The zero-order valence-corrected chi connectivity index (χ0v) is 5.48. The summed E-state index contributed by atoms with van der Waals surface area (Å²) in [7, 11) is 0. The lowest BCUT2D eigenvalue weighted by Crippen LogP contribution is -2.19. The van der Waals surface area contributed by atoms with Crippen molar-refractivity contribution in [2.24, 2.45) is 5.92 Å². The van der Waals surface area contributed by atoms with E-state index >= 15 is 0 Å². The summed E-state index contributed by atoms with van der Waals surface area (Å²) in [5.41, 5.74) is 0. The minimum Gasteiger partial charge on any atom is -0.361 e. The van der Waals surface area contributed by atoms with Crippen molar-refractivity contribution in [2.75, 3.05) is 13.3 Å². The SMILES string of the molecule is CC(C)C1CNCO1. The van der Waals surface area contributed by atoms with E-state index in [2.05, 4.69) is 19.2 Å². The van der Waals surface area contributed by atoms with E-state index in [1.54, 1.807) is 0 Å². The van der Waals surface area contributed by atoms with Crippen LogP contribution >= 0.6 is 0 Å². The second kappa shape index (κ2) is 2.46. The third kappa shape index (κ3) is 1.20. The van der Waals surface area contributed by atoms with E-state index in [9.17, 15) is 0 Å². The van der Waals surface area contributed by atoms with E-state index in [-0.39, 0.29) is 0 Å². The predicted molar refractivity (Wildman–Crippen MR) is 32.6 cm³/mol. The van der Waals surface area contributed by atoms with Crippen LogP contribution < -0.4 is 5.32 Å². The molecule has 1 heterocycles. The van der Waals surface area contributed by atoms with Crippen LogP contribution in [0.15, 0.2) is 0 Å². The van der Waals surface area contributed by atoms with E-state index in [4.69, 9.17) is 4.74 Å². The summed E-state index contributed by atoms with van der Waals surface area (Å²) in [6, 6.07) is 0. The van der Waals surface area contributed by atoms with Gasteiger partial charge in [-0.25, -0.2) is 0 Å². The second-order valence-electron chi connectivity index (χ2n) is 2.55. The summed E-state index contributed by atoms with van der Waals surface area (Å²) in [5.74, 6) is 0.657. The van der Waals surface area contributed by atoms with Gasteiger partial charge in [0.2, 0.25) is 0 Å². The zero-order valence-electron chi connectivity index (χ0n) is 5.48. The number of hydrogen-bond donors (Lipinski definition) is 1. The van der Waals surface area contributed by atoms with Gasteiger partial charge in [0, 0.05) is 6.54 Å². The van der Waals surface area contributed by atoms with Crippen LogP contribution in [0.2, 0.25) is 0 Å². The summed E-state index contributed by atoms with van der Waals surface area (Å²) in [4.78, 5) is 0. The summed E-state index contributed by atoms with van der Waals surface area (Å²) < 4.78 is 5.30. The number of ether oxygens (including phenoxy) is 1. The molecule has 0 aromatic carbocycles. The van der Waals surface area contributed by atoms with Gasteiger partial charge in [0.15, 0.2) is 0 Å². The maximum Gasteiger partial charge on any atom is 0.0970 e. The third-order valence-electron chi connectivity index (χ3n) is 1.49. The third-order valence-corrected chi connectivity index (χ3v) is 1.49. The van der Waals surface area contributed by atoms with Crippen molar-refractivity contribution in [1.29, 1.82) is 0 Å². The highest BCUT2D eigenvalue weighted by molar-refractivity contribution is 4.68. The molecule has 1 fully saturated rings. The Hall–Kier alpha value is -0.0800. The Kier molecular flexibility index (Phi) is 1.86. The highest BCUT2D eigenvalue weighted by Gasteiger charge is 2.17. The van der Waals surface area contributed by atoms with Gasteiger partial charge in [0.05, 0.1) is 12.8 Å². The highest BCUT2D eigenvalue weighted by Crippen LogP contribution is 2.07. The molecule has 0 saturated carbocycles. The molecule has 0 spiro atoms. The minimum absolute atomic E-state index is 0.454. The van der Waals surface area contributed by atoms with Crippen molar-refractivity contribution in [1.82, 2.24) is 5.32 Å². The topological polar surface area (TPSA) is 21.3 Å². The van der Waals surface area contributed by atoms with Crippen molar-refractivity contribution >= 4 is 0 Å². The molecule has 1 unspecified atom stereocenters. The molecule has 48 valence electrons. The average Bonchev–Trinajstić information content (AvgIpc) is 2.12. The van der Waals surface area contributed by atoms with E-state index in [0.29, 0.717) is 12.0 Å². The highest BCUT2D eigenvalue weighted by atomic mass is 16.5. The molecule has 0 amide bonds. The van der Waals surface area contributed by atoms with Crippen LogP contribution in [-0.4, -0.2) is 19.4 Å². The quantitative estimate of drug-likeness (QED) is 0.540. The molecule has 0 bridgehead atoms. The molecular weight excluding hydrogens is 102 g/mol. The number of nitrogens with one attached hydrogen (secondary N) is 1. The normalized spacial score (nSPS) is 29.6. The number of rotatable bonds is 1. The predicted octanol–water partition coefficient (Wildman–Crippen LogP) is 0.588. The molecule has 0 aliphatic carbocycles. The second-order valence-corrected chi connectivity index (χ2v) is 2.55. The first kappa shape index (κ1) is 6.05. The van der Waals surface area contributed by atoms with Crippen LogP contribution in [-0.2, 0) is 4.74 Å². The first-order chi connectivity index (χ1) is 3.80. The van der Waals surface area contributed by atoms with E-state index in [1.807, 2.05) is 0 Å². The molecule has 1 atom stereocenters. The van der Waals surface area contributed by atoms with Crippen LogP contribution in [0.25, 0.3) is 0 Å². The maximum atomic E-state index is 5.30. The van der Waals surface area contributed by atoms with Gasteiger partial charge in [-0.1, -0.05) is 13.8 Å². The van der Waals surface area contributed by atoms with Crippen LogP contribution in [0.3, 0.4) is 0 Å². The Bertz CT molecular complexity index is 66.9. The minimum atomic E-state index is 0.454. The van der Waals surface area contributed by atoms with Crippen LogP contribution in [0, 0.1) is 5.92 Å². The van der Waals surface area contributed by atoms with E-state index in [1.165, 1.54) is 0 Å². The molecule has 1 saturated heterocycles. The zero-order chi connectivity index (χ0) is 5.98. The Labute approximate surface area is 50.2 Å². The fourth-order valence-electron chi connectivity index (χ4n) is 0.854.